The molecule has 1 aromatic heterocycles. The molecule has 2 aromatic rings. The Hall–Kier alpha value is -1.82. The quantitative estimate of drug-likeness (QED) is 0.829. The van der Waals surface area contributed by atoms with Crippen LogP contribution in [0.25, 0.3) is 0 Å². The summed E-state index contributed by atoms with van der Waals surface area (Å²) >= 11 is 0. The van der Waals surface area contributed by atoms with Crippen LogP contribution in [0.4, 0.5) is 0 Å². The third-order valence-corrected chi connectivity index (χ3v) is 3.89. The molecule has 0 amide bonds. The molecule has 0 radical (unpaired) electrons. The minimum Gasteiger partial charge on any atom is -0.396 e. The first-order valence-electron chi connectivity index (χ1n) is 4.86. The summed E-state index contributed by atoms with van der Waals surface area (Å²) in [7, 11) is -3.52. The fraction of sp³-hybridized carbons (Fsp3) is 0.182. The van der Waals surface area contributed by atoms with Crippen molar-refractivity contribution in [2.45, 2.75) is 17.6 Å². The van der Waals surface area contributed by atoms with E-state index >= 15 is 0 Å². The van der Waals surface area contributed by atoms with Crippen molar-refractivity contribution >= 4 is 9.84 Å². The molecule has 0 aliphatic carbocycles. The average Bonchev–Trinajstić information content (AvgIpc) is 2.58. The number of rotatable bonds is 3. The van der Waals surface area contributed by atoms with Crippen LogP contribution in [-0.4, -0.2) is 8.42 Å². The Morgan fingerprint density at radius 1 is 1.12 bits per heavy atom. The van der Waals surface area contributed by atoms with Gasteiger partial charge < -0.3 is 8.83 Å². The molecule has 0 aliphatic heterocycles. The van der Waals surface area contributed by atoms with Crippen LogP contribution in [0.3, 0.4) is 0 Å². The number of sulfone groups is 1. The van der Waals surface area contributed by atoms with Gasteiger partial charge in [-0.2, -0.15) is 0 Å². The van der Waals surface area contributed by atoms with Gasteiger partial charge in [0, 0.05) is 0 Å². The van der Waals surface area contributed by atoms with Gasteiger partial charge in [0.15, 0.2) is 15.6 Å². The highest BCUT2D eigenvalue weighted by molar-refractivity contribution is 7.90. The van der Waals surface area contributed by atoms with Gasteiger partial charge in [-0.15, -0.1) is 0 Å². The van der Waals surface area contributed by atoms with Gasteiger partial charge in [0.1, 0.15) is 11.5 Å². The third kappa shape index (κ3) is 2.47. The van der Waals surface area contributed by atoms with Crippen molar-refractivity contribution in [3.63, 3.8) is 0 Å². The van der Waals surface area contributed by atoms with Gasteiger partial charge >= 0.3 is 5.82 Å². The van der Waals surface area contributed by atoms with E-state index in [1.807, 2.05) is 0 Å². The standard InChI is InChI=1S/C11H10O5S/c1-8-10(16-11(12)15-8)7-17(13,14)9-5-3-2-4-6-9/h2-6H,7H2,1H3. The molecule has 0 fully saturated rings. The minimum atomic E-state index is -3.52. The first-order chi connectivity index (χ1) is 7.99. The highest BCUT2D eigenvalue weighted by Crippen LogP contribution is 2.17. The van der Waals surface area contributed by atoms with E-state index in [0.717, 1.165) is 0 Å². The molecule has 0 saturated carbocycles. The molecule has 0 N–H and O–H groups in total. The smallest absolute Gasteiger partial charge is 0.396 e. The fourth-order valence-corrected chi connectivity index (χ4v) is 2.74. The molecular weight excluding hydrogens is 244 g/mol. The number of aryl methyl sites for hydroxylation is 1. The maximum absolute atomic E-state index is 12.0. The van der Waals surface area contributed by atoms with Crippen molar-refractivity contribution in [1.82, 2.24) is 0 Å². The van der Waals surface area contributed by atoms with Gasteiger partial charge in [-0.1, -0.05) is 18.2 Å². The first kappa shape index (κ1) is 11.7. The van der Waals surface area contributed by atoms with Crippen molar-refractivity contribution < 1.29 is 17.3 Å². The SMILES string of the molecule is Cc1oc(=O)oc1CS(=O)(=O)c1ccccc1. The summed E-state index contributed by atoms with van der Waals surface area (Å²) in [5.41, 5.74) is 0. The predicted octanol–water partition coefficient (Wildman–Crippen LogP) is 1.52. The van der Waals surface area contributed by atoms with Gasteiger partial charge in [0.05, 0.1) is 4.90 Å². The van der Waals surface area contributed by atoms with E-state index < -0.39 is 15.7 Å². The second kappa shape index (κ2) is 4.21. The van der Waals surface area contributed by atoms with Crippen molar-refractivity contribution in [3.8, 4) is 0 Å². The number of hydrogen-bond acceptors (Lipinski definition) is 5. The van der Waals surface area contributed by atoms with Crippen LogP contribution >= 0.6 is 0 Å². The van der Waals surface area contributed by atoms with Gasteiger partial charge in [-0.3, -0.25) is 0 Å². The predicted molar refractivity (Wildman–Crippen MR) is 59.3 cm³/mol. The van der Waals surface area contributed by atoms with Crippen LogP contribution in [0, 0.1) is 6.92 Å². The zero-order valence-corrected chi connectivity index (χ0v) is 9.86. The van der Waals surface area contributed by atoms with E-state index in [1.54, 1.807) is 18.2 Å². The monoisotopic (exact) mass is 254 g/mol. The molecule has 1 heterocycles. The average molecular weight is 254 g/mol. The Balaban J connectivity index is 2.37. The van der Waals surface area contributed by atoms with E-state index in [2.05, 4.69) is 8.83 Å². The van der Waals surface area contributed by atoms with Gasteiger partial charge in [0.2, 0.25) is 0 Å². The summed E-state index contributed by atoms with van der Waals surface area (Å²) in [5.74, 6) is -1.04. The number of benzene rings is 1. The zero-order valence-electron chi connectivity index (χ0n) is 9.04. The Labute approximate surface area is 97.6 Å². The summed E-state index contributed by atoms with van der Waals surface area (Å²) < 4.78 is 33.2. The second-order valence-electron chi connectivity index (χ2n) is 3.51. The number of hydrogen-bond donors (Lipinski definition) is 0. The summed E-state index contributed by atoms with van der Waals surface area (Å²) in [6, 6.07) is 7.96. The summed E-state index contributed by atoms with van der Waals surface area (Å²) in [5, 5.41) is 0. The summed E-state index contributed by atoms with van der Waals surface area (Å²) in [6.45, 7) is 1.49. The molecule has 2 rings (SSSR count). The molecule has 0 bridgehead atoms. The molecule has 0 unspecified atom stereocenters. The largest absolute Gasteiger partial charge is 0.519 e. The molecule has 5 nitrogen and oxygen atoms in total. The lowest BCUT2D eigenvalue weighted by atomic mass is 10.4. The zero-order chi connectivity index (χ0) is 12.5. The molecule has 1 aromatic carbocycles. The minimum absolute atomic E-state index is 0.0406. The molecule has 0 spiro atoms. The molecule has 6 heteroatoms. The molecule has 90 valence electrons. The maximum atomic E-state index is 12.0. The molecule has 0 saturated heterocycles. The molecule has 0 aliphatic rings. The Kier molecular flexibility index (Phi) is 2.89. The second-order valence-corrected chi connectivity index (χ2v) is 5.50. The maximum Gasteiger partial charge on any atom is 0.519 e. The van der Waals surface area contributed by atoms with Crippen LogP contribution in [0.2, 0.25) is 0 Å². The highest BCUT2D eigenvalue weighted by Gasteiger charge is 2.20. The van der Waals surface area contributed by atoms with Gasteiger partial charge in [-0.25, -0.2) is 13.2 Å². The van der Waals surface area contributed by atoms with E-state index in [9.17, 15) is 13.2 Å². The van der Waals surface area contributed by atoms with E-state index in [-0.39, 0.29) is 22.2 Å². The van der Waals surface area contributed by atoms with Crippen LogP contribution in [-0.2, 0) is 15.6 Å². The van der Waals surface area contributed by atoms with Crippen LogP contribution in [0.15, 0.2) is 48.9 Å². The molecule has 0 atom stereocenters. The van der Waals surface area contributed by atoms with E-state index in [0.29, 0.717) is 0 Å². The van der Waals surface area contributed by atoms with E-state index in [1.165, 1.54) is 19.1 Å². The Morgan fingerprint density at radius 3 is 2.29 bits per heavy atom. The fourth-order valence-electron chi connectivity index (χ4n) is 1.39. The molecular formula is C11H10O5S. The van der Waals surface area contributed by atoms with Gasteiger partial charge in [0.25, 0.3) is 0 Å². The van der Waals surface area contributed by atoms with Crippen LogP contribution in [0.5, 0.6) is 0 Å². The lowest BCUT2D eigenvalue weighted by Crippen LogP contribution is -2.05. The van der Waals surface area contributed by atoms with Crippen molar-refractivity contribution in [2.24, 2.45) is 0 Å². The van der Waals surface area contributed by atoms with Crippen LogP contribution < -0.4 is 5.82 Å². The lowest BCUT2D eigenvalue weighted by molar-refractivity contribution is 0.372. The van der Waals surface area contributed by atoms with Crippen molar-refractivity contribution in [2.75, 3.05) is 0 Å². The summed E-state index contributed by atoms with van der Waals surface area (Å²) in [6.07, 6.45) is 0. The first-order valence-corrected chi connectivity index (χ1v) is 6.51. The lowest BCUT2D eigenvalue weighted by Gasteiger charge is -2.01. The van der Waals surface area contributed by atoms with Crippen molar-refractivity contribution in [3.05, 3.63) is 52.5 Å². The normalized spacial score (nSPS) is 11.6. The summed E-state index contributed by atoms with van der Waals surface area (Å²) in [4.78, 5) is 11.0. The third-order valence-electron chi connectivity index (χ3n) is 2.26. The Bertz CT molecular complexity index is 663. The van der Waals surface area contributed by atoms with Crippen molar-refractivity contribution in [1.29, 1.82) is 0 Å². The Morgan fingerprint density at radius 2 is 1.76 bits per heavy atom. The van der Waals surface area contributed by atoms with Crippen LogP contribution in [0.1, 0.15) is 11.5 Å². The molecule has 17 heavy (non-hydrogen) atoms. The van der Waals surface area contributed by atoms with E-state index in [4.69, 9.17) is 0 Å². The van der Waals surface area contributed by atoms with Gasteiger partial charge in [-0.05, 0) is 19.1 Å². The highest BCUT2D eigenvalue weighted by atomic mass is 32.2. The topological polar surface area (TPSA) is 77.5 Å².